The van der Waals surface area contributed by atoms with Crippen molar-refractivity contribution in [3.05, 3.63) is 11.3 Å². The van der Waals surface area contributed by atoms with Crippen LogP contribution in [0.5, 0.6) is 0 Å². The SMILES string of the molecule is CC(=O)N1CCc2c(nc(N(C)C)nc2NC[C@H]2COCCO2)C1. The molecule has 24 heavy (non-hydrogen) atoms. The number of nitrogens with zero attached hydrogens (tertiary/aromatic N) is 4. The maximum atomic E-state index is 11.7. The number of rotatable bonds is 4. The third-order valence-electron chi connectivity index (χ3n) is 4.28. The Labute approximate surface area is 142 Å². The molecule has 2 aliphatic heterocycles. The molecule has 1 atom stereocenters. The summed E-state index contributed by atoms with van der Waals surface area (Å²) in [5.41, 5.74) is 2.01. The molecule has 1 saturated heterocycles. The average Bonchev–Trinajstić information content (AvgIpc) is 2.59. The lowest BCUT2D eigenvalue weighted by molar-refractivity contribution is -0.129. The van der Waals surface area contributed by atoms with Gasteiger partial charge in [0.2, 0.25) is 11.9 Å². The number of amides is 1. The van der Waals surface area contributed by atoms with Gasteiger partial charge >= 0.3 is 0 Å². The van der Waals surface area contributed by atoms with Crippen molar-refractivity contribution in [2.24, 2.45) is 0 Å². The molecule has 3 heterocycles. The molecule has 1 aromatic rings. The van der Waals surface area contributed by atoms with Gasteiger partial charge in [-0.05, 0) is 6.42 Å². The summed E-state index contributed by atoms with van der Waals surface area (Å²) >= 11 is 0. The van der Waals surface area contributed by atoms with Gasteiger partial charge in [-0.3, -0.25) is 4.79 Å². The fourth-order valence-corrected chi connectivity index (χ4v) is 2.90. The summed E-state index contributed by atoms with van der Waals surface area (Å²) in [6, 6.07) is 0. The van der Waals surface area contributed by atoms with E-state index in [9.17, 15) is 4.79 Å². The Balaban J connectivity index is 1.80. The van der Waals surface area contributed by atoms with Gasteiger partial charge in [0.1, 0.15) is 5.82 Å². The molecule has 0 unspecified atom stereocenters. The molecular weight excluding hydrogens is 310 g/mol. The predicted molar refractivity (Wildman–Crippen MR) is 90.2 cm³/mol. The average molecular weight is 335 g/mol. The lowest BCUT2D eigenvalue weighted by Crippen LogP contribution is -2.37. The second-order valence-corrected chi connectivity index (χ2v) is 6.33. The van der Waals surface area contributed by atoms with Crippen LogP contribution in [-0.4, -0.2) is 73.9 Å². The summed E-state index contributed by atoms with van der Waals surface area (Å²) < 4.78 is 11.1. The highest BCUT2D eigenvalue weighted by molar-refractivity contribution is 5.73. The van der Waals surface area contributed by atoms with Crippen LogP contribution in [0.4, 0.5) is 11.8 Å². The largest absolute Gasteiger partial charge is 0.376 e. The topological polar surface area (TPSA) is 79.8 Å². The van der Waals surface area contributed by atoms with E-state index < -0.39 is 0 Å². The van der Waals surface area contributed by atoms with E-state index in [0.717, 1.165) is 23.5 Å². The van der Waals surface area contributed by atoms with Crippen molar-refractivity contribution in [1.29, 1.82) is 0 Å². The molecule has 0 saturated carbocycles. The Kier molecular flexibility index (Phi) is 5.15. The molecule has 1 fully saturated rings. The summed E-state index contributed by atoms with van der Waals surface area (Å²) in [5, 5.41) is 3.40. The number of carbonyl (C=O) groups is 1. The lowest BCUT2D eigenvalue weighted by Gasteiger charge is -2.30. The quantitative estimate of drug-likeness (QED) is 0.846. The van der Waals surface area contributed by atoms with Crippen molar-refractivity contribution in [2.45, 2.75) is 26.0 Å². The number of carbonyl (C=O) groups excluding carboxylic acids is 1. The molecule has 8 heteroatoms. The van der Waals surface area contributed by atoms with Crippen LogP contribution in [0.15, 0.2) is 0 Å². The molecule has 1 N–H and O–H groups in total. The third kappa shape index (κ3) is 3.76. The fraction of sp³-hybridized carbons (Fsp3) is 0.688. The minimum absolute atomic E-state index is 0.0319. The monoisotopic (exact) mass is 335 g/mol. The number of aromatic nitrogens is 2. The van der Waals surface area contributed by atoms with Crippen LogP contribution in [0.1, 0.15) is 18.2 Å². The second kappa shape index (κ2) is 7.31. The Bertz CT molecular complexity index is 602. The van der Waals surface area contributed by atoms with Crippen molar-refractivity contribution in [2.75, 3.05) is 57.2 Å². The van der Waals surface area contributed by atoms with E-state index in [4.69, 9.17) is 9.47 Å². The number of ether oxygens (including phenoxy) is 2. The van der Waals surface area contributed by atoms with E-state index in [1.165, 1.54) is 0 Å². The standard InChI is InChI=1S/C16H25N5O3/c1-11(22)21-5-4-13-14(9-21)18-16(20(2)3)19-15(13)17-8-12-10-23-6-7-24-12/h12H,4-10H2,1-3H3,(H,17,18,19)/t12-/m0/s1. The van der Waals surface area contributed by atoms with Gasteiger partial charge in [-0.1, -0.05) is 0 Å². The highest BCUT2D eigenvalue weighted by atomic mass is 16.6. The minimum atomic E-state index is 0.0319. The van der Waals surface area contributed by atoms with Gasteiger partial charge in [-0.2, -0.15) is 4.98 Å². The van der Waals surface area contributed by atoms with Gasteiger partial charge < -0.3 is 24.6 Å². The van der Waals surface area contributed by atoms with Crippen LogP contribution >= 0.6 is 0 Å². The molecule has 0 bridgehead atoms. The first-order chi connectivity index (χ1) is 11.5. The first-order valence-corrected chi connectivity index (χ1v) is 8.30. The third-order valence-corrected chi connectivity index (χ3v) is 4.28. The summed E-state index contributed by atoms with van der Waals surface area (Å²) in [7, 11) is 3.82. The molecule has 8 nitrogen and oxygen atoms in total. The zero-order chi connectivity index (χ0) is 17.1. The van der Waals surface area contributed by atoms with Crippen LogP contribution in [0, 0.1) is 0 Å². The number of hydrogen-bond acceptors (Lipinski definition) is 7. The van der Waals surface area contributed by atoms with E-state index in [1.807, 2.05) is 23.9 Å². The summed E-state index contributed by atoms with van der Waals surface area (Å²) in [6.45, 7) is 5.36. The molecule has 3 rings (SSSR count). The first kappa shape index (κ1) is 16.9. The number of anilines is 2. The molecule has 0 aromatic carbocycles. The van der Waals surface area contributed by atoms with Gasteiger partial charge in [0, 0.05) is 39.7 Å². The van der Waals surface area contributed by atoms with Gasteiger partial charge in [0.05, 0.1) is 38.2 Å². The van der Waals surface area contributed by atoms with Crippen LogP contribution in [-0.2, 0) is 27.2 Å². The summed E-state index contributed by atoms with van der Waals surface area (Å²) in [5.74, 6) is 1.55. The van der Waals surface area contributed by atoms with Crippen molar-refractivity contribution in [3.8, 4) is 0 Å². The first-order valence-electron chi connectivity index (χ1n) is 8.30. The fourth-order valence-electron chi connectivity index (χ4n) is 2.90. The maximum Gasteiger partial charge on any atom is 0.227 e. The summed E-state index contributed by atoms with van der Waals surface area (Å²) in [4.78, 5) is 24.6. The molecule has 132 valence electrons. The van der Waals surface area contributed by atoms with Gasteiger partial charge in [-0.15, -0.1) is 0 Å². The molecule has 1 aromatic heterocycles. The van der Waals surface area contributed by atoms with E-state index in [1.54, 1.807) is 6.92 Å². The van der Waals surface area contributed by atoms with E-state index in [-0.39, 0.29) is 12.0 Å². The van der Waals surface area contributed by atoms with Crippen LogP contribution in [0.3, 0.4) is 0 Å². The van der Waals surface area contributed by atoms with Crippen molar-refractivity contribution in [3.63, 3.8) is 0 Å². The molecule has 0 aliphatic carbocycles. The minimum Gasteiger partial charge on any atom is -0.376 e. The number of nitrogens with one attached hydrogen (secondary N) is 1. The second-order valence-electron chi connectivity index (χ2n) is 6.33. The van der Waals surface area contributed by atoms with Crippen molar-refractivity contribution < 1.29 is 14.3 Å². The van der Waals surface area contributed by atoms with Crippen molar-refractivity contribution in [1.82, 2.24) is 14.9 Å². The van der Waals surface area contributed by atoms with Gasteiger partial charge in [-0.25, -0.2) is 4.98 Å². The molecule has 1 amide bonds. The van der Waals surface area contributed by atoms with Gasteiger partial charge in [0.25, 0.3) is 0 Å². The number of fused-ring (bicyclic) bond motifs is 1. The van der Waals surface area contributed by atoms with Crippen molar-refractivity contribution >= 4 is 17.7 Å². The highest BCUT2D eigenvalue weighted by Crippen LogP contribution is 2.26. The van der Waals surface area contributed by atoms with Crippen LogP contribution < -0.4 is 10.2 Å². The smallest absolute Gasteiger partial charge is 0.227 e. The predicted octanol–water partition coefficient (Wildman–Crippen LogP) is 0.275. The van der Waals surface area contributed by atoms with Crippen LogP contribution in [0.2, 0.25) is 0 Å². The Morgan fingerprint density at radius 1 is 1.38 bits per heavy atom. The Morgan fingerprint density at radius 2 is 2.21 bits per heavy atom. The maximum absolute atomic E-state index is 11.7. The normalized spacial score (nSPS) is 20.5. The van der Waals surface area contributed by atoms with Crippen LogP contribution in [0.25, 0.3) is 0 Å². The lowest BCUT2D eigenvalue weighted by atomic mass is 10.1. The zero-order valence-corrected chi connectivity index (χ0v) is 14.5. The zero-order valence-electron chi connectivity index (χ0n) is 14.5. The molecular formula is C16H25N5O3. The molecule has 0 spiro atoms. The van der Waals surface area contributed by atoms with E-state index in [2.05, 4.69) is 15.3 Å². The highest BCUT2D eigenvalue weighted by Gasteiger charge is 2.25. The molecule has 2 aliphatic rings. The Morgan fingerprint density at radius 3 is 2.88 bits per heavy atom. The van der Waals surface area contributed by atoms with E-state index in [0.29, 0.717) is 45.4 Å². The summed E-state index contributed by atoms with van der Waals surface area (Å²) in [6.07, 6.45) is 0.789. The molecule has 0 radical (unpaired) electrons. The van der Waals surface area contributed by atoms with Gasteiger partial charge in [0.15, 0.2) is 0 Å². The van der Waals surface area contributed by atoms with E-state index >= 15 is 0 Å². The number of hydrogen-bond donors (Lipinski definition) is 1. The Hall–Kier alpha value is -1.93.